The lowest BCUT2D eigenvalue weighted by molar-refractivity contribution is 0.754. The SMILES string of the molecule is C[C@@H]1Cc2ccc3cc(N)ccc3c2/C1=C1/c2c(ccc3cc(N)ccc23)C[C@H]1C. The molecule has 2 aliphatic carbocycles. The number of rotatable bonds is 0. The molecular weight excluding hydrogens is 364 g/mol. The number of nitrogen functional groups attached to an aromatic ring is 2. The van der Waals surface area contributed by atoms with Crippen LogP contribution in [0.3, 0.4) is 0 Å². The Morgan fingerprint density at radius 3 is 1.47 bits per heavy atom. The number of fused-ring (bicyclic) bond motifs is 6. The first kappa shape index (κ1) is 17.6. The maximum Gasteiger partial charge on any atom is 0.0320 e. The van der Waals surface area contributed by atoms with Gasteiger partial charge in [-0.1, -0.05) is 50.2 Å². The Morgan fingerprint density at radius 2 is 1.03 bits per heavy atom. The van der Waals surface area contributed by atoms with Gasteiger partial charge in [-0.25, -0.2) is 0 Å². The molecule has 2 nitrogen and oxygen atoms in total. The highest BCUT2D eigenvalue weighted by atomic mass is 14.5. The summed E-state index contributed by atoms with van der Waals surface area (Å²) in [4.78, 5) is 0. The van der Waals surface area contributed by atoms with Crippen molar-refractivity contribution in [3.63, 3.8) is 0 Å². The molecule has 4 aromatic rings. The van der Waals surface area contributed by atoms with Crippen LogP contribution in [0, 0.1) is 11.8 Å². The van der Waals surface area contributed by atoms with Gasteiger partial charge in [0.1, 0.15) is 0 Å². The van der Waals surface area contributed by atoms with Gasteiger partial charge in [0, 0.05) is 11.4 Å². The van der Waals surface area contributed by atoms with E-state index >= 15 is 0 Å². The molecule has 2 aliphatic rings. The van der Waals surface area contributed by atoms with E-state index in [0.717, 1.165) is 24.2 Å². The zero-order valence-electron chi connectivity index (χ0n) is 17.5. The van der Waals surface area contributed by atoms with E-state index in [1.54, 1.807) is 0 Å². The number of benzene rings is 4. The van der Waals surface area contributed by atoms with Crippen molar-refractivity contribution in [2.75, 3.05) is 11.5 Å². The number of allylic oxidation sites excluding steroid dienone is 2. The fourth-order valence-corrected chi connectivity index (χ4v) is 5.92. The molecule has 2 heteroatoms. The van der Waals surface area contributed by atoms with Crippen molar-refractivity contribution in [1.29, 1.82) is 0 Å². The molecule has 0 fully saturated rings. The molecular formula is C28H26N2. The van der Waals surface area contributed by atoms with Crippen molar-refractivity contribution in [1.82, 2.24) is 0 Å². The molecule has 148 valence electrons. The molecule has 30 heavy (non-hydrogen) atoms. The highest BCUT2D eigenvalue weighted by Crippen LogP contribution is 2.52. The number of nitrogens with two attached hydrogens (primary N) is 2. The molecule has 0 saturated carbocycles. The molecule has 0 bridgehead atoms. The third kappa shape index (κ3) is 2.37. The minimum Gasteiger partial charge on any atom is -0.399 e. The molecule has 0 heterocycles. The largest absolute Gasteiger partial charge is 0.399 e. The average Bonchev–Trinajstić information content (AvgIpc) is 3.22. The van der Waals surface area contributed by atoms with Crippen molar-refractivity contribution in [3.05, 3.63) is 82.9 Å². The van der Waals surface area contributed by atoms with Crippen LogP contribution in [0.15, 0.2) is 60.7 Å². The van der Waals surface area contributed by atoms with Crippen LogP contribution in [0.2, 0.25) is 0 Å². The first-order valence-electron chi connectivity index (χ1n) is 10.9. The van der Waals surface area contributed by atoms with Gasteiger partial charge in [-0.2, -0.15) is 0 Å². The number of anilines is 2. The summed E-state index contributed by atoms with van der Waals surface area (Å²) in [6.07, 6.45) is 2.21. The predicted molar refractivity (Wildman–Crippen MR) is 129 cm³/mol. The van der Waals surface area contributed by atoms with E-state index in [4.69, 9.17) is 11.5 Å². The molecule has 4 N–H and O–H groups in total. The summed E-state index contributed by atoms with van der Waals surface area (Å²) in [7, 11) is 0. The summed E-state index contributed by atoms with van der Waals surface area (Å²) in [6.45, 7) is 4.78. The number of hydrogen-bond acceptors (Lipinski definition) is 2. The zero-order valence-corrected chi connectivity index (χ0v) is 17.5. The summed E-state index contributed by atoms with van der Waals surface area (Å²) in [6, 6.07) is 21.8. The molecule has 2 atom stereocenters. The topological polar surface area (TPSA) is 52.0 Å². The third-order valence-electron chi connectivity index (χ3n) is 7.13. The van der Waals surface area contributed by atoms with Crippen LogP contribution in [-0.2, 0) is 12.8 Å². The van der Waals surface area contributed by atoms with Crippen LogP contribution >= 0.6 is 0 Å². The first-order chi connectivity index (χ1) is 14.5. The van der Waals surface area contributed by atoms with Crippen molar-refractivity contribution in [2.24, 2.45) is 11.8 Å². The average molecular weight is 391 g/mol. The standard InChI is InChI=1S/C28H26N2/c1-15-11-19-5-3-17-13-21(29)7-9-23(17)27(19)25(15)26-16(2)12-20-6-4-18-14-22(30)8-10-24(18)28(20)26/h3-10,13-16H,11-12,29-30H2,1-2H3/b26-25+/t15-,16-/m1/s1. The Morgan fingerprint density at radius 1 is 0.600 bits per heavy atom. The lowest BCUT2D eigenvalue weighted by atomic mass is 9.85. The highest BCUT2D eigenvalue weighted by molar-refractivity contribution is 6.10. The van der Waals surface area contributed by atoms with E-state index in [-0.39, 0.29) is 0 Å². The second-order valence-electron chi connectivity index (χ2n) is 9.20. The summed E-state index contributed by atoms with van der Waals surface area (Å²) in [5.41, 5.74) is 22.7. The molecule has 0 aliphatic heterocycles. The zero-order chi connectivity index (χ0) is 20.6. The first-order valence-corrected chi connectivity index (χ1v) is 10.9. The van der Waals surface area contributed by atoms with Gasteiger partial charge in [0.15, 0.2) is 0 Å². The van der Waals surface area contributed by atoms with Gasteiger partial charge in [-0.05, 0) is 104 Å². The normalized spacial score (nSPS) is 22.6. The maximum atomic E-state index is 6.09. The van der Waals surface area contributed by atoms with Gasteiger partial charge in [0.25, 0.3) is 0 Å². The van der Waals surface area contributed by atoms with Crippen molar-refractivity contribution >= 4 is 44.1 Å². The fourth-order valence-electron chi connectivity index (χ4n) is 5.92. The molecule has 4 aromatic carbocycles. The summed E-state index contributed by atoms with van der Waals surface area (Å²) < 4.78 is 0. The molecule has 0 radical (unpaired) electrons. The van der Waals surface area contributed by atoms with Crippen LogP contribution in [-0.4, -0.2) is 0 Å². The molecule has 0 unspecified atom stereocenters. The van der Waals surface area contributed by atoms with Gasteiger partial charge in [0.05, 0.1) is 0 Å². The van der Waals surface area contributed by atoms with Crippen molar-refractivity contribution in [2.45, 2.75) is 26.7 Å². The Hall–Kier alpha value is -3.26. The Labute approximate surface area is 177 Å². The maximum absolute atomic E-state index is 6.09. The van der Waals surface area contributed by atoms with Gasteiger partial charge in [0.2, 0.25) is 0 Å². The van der Waals surface area contributed by atoms with E-state index in [2.05, 4.69) is 62.4 Å². The second-order valence-corrected chi connectivity index (χ2v) is 9.20. The Bertz CT molecular complexity index is 1290. The van der Waals surface area contributed by atoms with Gasteiger partial charge < -0.3 is 11.5 Å². The lowest BCUT2D eigenvalue weighted by Gasteiger charge is -2.19. The molecule has 0 spiro atoms. The highest BCUT2D eigenvalue weighted by Gasteiger charge is 2.34. The van der Waals surface area contributed by atoms with Crippen molar-refractivity contribution in [3.8, 4) is 0 Å². The smallest absolute Gasteiger partial charge is 0.0320 e. The fraction of sp³-hybridized carbons (Fsp3) is 0.214. The van der Waals surface area contributed by atoms with Crippen LogP contribution in [0.1, 0.15) is 36.1 Å². The van der Waals surface area contributed by atoms with E-state index in [1.165, 1.54) is 54.9 Å². The summed E-state index contributed by atoms with van der Waals surface area (Å²) in [5, 5.41) is 5.13. The Balaban J connectivity index is 1.72. The molecule has 0 aromatic heterocycles. The lowest BCUT2D eigenvalue weighted by Crippen LogP contribution is -2.01. The van der Waals surface area contributed by atoms with E-state index in [9.17, 15) is 0 Å². The van der Waals surface area contributed by atoms with Crippen molar-refractivity contribution < 1.29 is 0 Å². The number of hydrogen-bond donors (Lipinski definition) is 2. The molecule has 0 saturated heterocycles. The van der Waals surface area contributed by atoms with Gasteiger partial charge in [-0.15, -0.1) is 0 Å². The van der Waals surface area contributed by atoms with Gasteiger partial charge >= 0.3 is 0 Å². The summed E-state index contributed by atoms with van der Waals surface area (Å²) >= 11 is 0. The van der Waals surface area contributed by atoms with E-state index < -0.39 is 0 Å². The monoisotopic (exact) mass is 390 g/mol. The van der Waals surface area contributed by atoms with Crippen LogP contribution < -0.4 is 11.5 Å². The summed E-state index contributed by atoms with van der Waals surface area (Å²) in [5.74, 6) is 1.02. The van der Waals surface area contributed by atoms with Crippen LogP contribution in [0.25, 0.3) is 32.7 Å². The second kappa shape index (κ2) is 6.12. The predicted octanol–water partition coefficient (Wildman–Crippen LogP) is 6.45. The quantitative estimate of drug-likeness (QED) is 0.339. The third-order valence-corrected chi connectivity index (χ3v) is 7.13. The van der Waals surface area contributed by atoms with Crippen LogP contribution in [0.5, 0.6) is 0 Å². The van der Waals surface area contributed by atoms with Gasteiger partial charge in [-0.3, -0.25) is 0 Å². The minimum absolute atomic E-state index is 0.510. The van der Waals surface area contributed by atoms with Crippen LogP contribution in [0.4, 0.5) is 11.4 Å². The van der Waals surface area contributed by atoms with E-state index in [0.29, 0.717) is 11.8 Å². The minimum atomic E-state index is 0.510. The molecule has 0 amide bonds. The molecule has 6 rings (SSSR count). The van der Waals surface area contributed by atoms with E-state index in [1.807, 2.05) is 12.1 Å². The Kier molecular flexibility index (Phi) is 3.59.